The number of hydrogen-bond acceptors (Lipinski definition) is 6. The molecule has 0 spiro atoms. The van der Waals surface area contributed by atoms with E-state index in [9.17, 15) is 9.59 Å². The Morgan fingerprint density at radius 2 is 1.66 bits per heavy atom. The van der Waals surface area contributed by atoms with E-state index in [2.05, 4.69) is 26.2 Å². The fourth-order valence-corrected chi connectivity index (χ4v) is 3.84. The van der Waals surface area contributed by atoms with Gasteiger partial charge >= 0.3 is 5.97 Å². The van der Waals surface area contributed by atoms with Crippen LogP contribution in [0.3, 0.4) is 0 Å². The first-order valence-electron chi connectivity index (χ1n) is 9.75. The summed E-state index contributed by atoms with van der Waals surface area (Å²) in [6.07, 6.45) is 0. The van der Waals surface area contributed by atoms with Gasteiger partial charge in [0.25, 0.3) is 5.56 Å². The maximum Gasteiger partial charge on any atom is 0.340 e. The lowest BCUT2D eigenvalue weighted by atomic mass is 10.0. The summed E-state index contributed by atoms with van der Waals surface area (Å²) in [5, 5.41) is 8.95. The van der Waals surface area contributed by atoms with Crippen LogP contribution < -0.4 is 5.56 Å². The van der Waals surface area contributed by atoms with Crippen LogP contribution in [-0.4, -0.2) is 25.9 Å². The van der Waals surface area contributed by atoms with Gasteiger partial charge in [0.15, 0.2) is 6.73 Å². The molecule has 0 amide bonds. The number of benzene rings is 3. The summed E-state index contributed by atoms with van der Waals surface area (Å²) in [5.74, 6) is -0.582. The van der Waals surface area contributed by atoms with Crippen molar-refractivity contribution in [3.05, 3.63) is 99.3 Å². The van der Waals surface area contributed by atoms with Crippen molar-refractivity contribution < 1.29 is 9.53 Å². The van der Waals surface area contributed by atoms with Crippen molar-refractivity contribution in [1.29, 1.82) is 0 Å². The van der Waals surface area contributed by atoms with Crippen LogP contribution in [0.15, 0.2) is 88.1 Å². The fraction of sp³-hybridized carbons (Fsp3) is 0.0417. The van der Waals surface area contributed by atoms with Gasteiger partial charge in [0.05, 0.1) is 22.2 Å². The van der Waals surface area contributed by atoms with Gasteiger partial charge in [-0.15, -0.1) is 5.10 Å². The normalized spacial score (nSPS) is 11.0. The molecule has 8 heteroatoms. The highest BCUT2D eigenvalue weighted by Gasteiger charge is 2.16. The third-order valence-electron chi connectivity index (χ3n) is 5.00. The second-order valence-electron chi connectivity index (χ2n) is 7.05. The molecule has 0 saturated heterocycles. The molecule has 0 radical (unpaired) electrons. The molecule has 5 rings (SSSR count). The maximum atomic E-state index is 13.0. The van der Waals surface area contributed by atoms with E-state index >= 15 is 0 Å². The molecule has 0 bridgehead atoms. The highest BCUT2D eigenvalue weighted by molar-refractivity contribution is 9.10. The summed E-state index contributed by atoms with van der Waals surface area (Å²) in [5.41, 5.74) is 2.62. The van der Waals surface area contributed by atoms with E-state index in [0.29, 0.717) is 33.1 Å². The van der Waals surface area contributed by atoms with Gasteiger partial charge in [-0.25, -0.2) is 9.78 Å². The lowest BCUT2D eigenvalue weighted by Crippen LogP contribution is -2.26. The summed E-state index contributed by atoms with van der Waals surface area (Å²) >= 11 is 3.47. The first-order valence-corrected chi connectivity index (χ1v) is 10.5. The van der Waals surface area contributed by atoms with Crippen LogP contribution in [0.1, 0.15) is 10.4 Å². The van der Waals surface area contributed by atoms with Crippen molar-refractivity contribution in [2.75, 3.05) is 0 Å². The zero-order valence-electron chi connectivity index (χ0n) is 16.6. The van der Waals surface area contributed by atoms with Crippen molar-refractivity contribution in [3.8, 4) is 11.3 Å². The summed E-state index contributed by atoms with van der Waals surface area (Å²) in [6.45, 7) is -0.349. The molecule has 0 atom stereocenters. The molecular weight excluding hydrogens is 472 g/mol. The summed E-state index contributed by atoms with van der Waals surface area (Å²) in [7, 11) is 0. The van der Waals surface area contributed by atoms with E-state index in [-0.39, 0.29) is 12.3 Å². The predicted molar refractivity (Wildman–Crippen MR) is 124 cm³/mol. The molecule has 0 unspecified atom stereocenters. The number of esters is 1. The quantitative estimate of drug-likeness (QED) is 0.345. The van der Waals surface area contributed by atoms with Gasteiger partial charge in [0.2, 0.25) is 0 Å². The van der Waals surface area contributed by atoms with Gasteiger partial charge in [-0.05, 0) is 36.4 Å². The Morgan fingerprint density at radius 3 is 2.47 bits per heavy atom. The first kappa shape index (κ1) is 20.0. The van der Waals surface area contributed by atoms with E-state index in [1.54, 1.807) is 30.3 Å². The van der Waals surface area contributed by atoms with Crippen LogP contribution in [0.25, 0.3) is 33.1 Å². The molecule has 7 nitrogen and oxygen atoms in total. The lowest BCUT2D eigenvalue weighted by Gasteiger charge is -2.11. The van der Waals surface area contributed by atoms with Crippen LogP contribution in [0.4, 0.5) is 0 Å². The van der Waals surface area contributed by atoms with Crippen LogP contribution in [0.2, 0.25) is 0 Å². The van der Waals surface area contributed by atoms with Gasteiger partial charge in [-0.2, -0.15) is 4.68 Å². The number of carbonyl (C=O) groups is 1. The zero-order chi connectivity index (χ0) is 22.1. The Kier molecular flexibility index (Phi) is 5.20. The molecule has 32 heavy (non-hydrogen) atoms. The van der Waals surface area contributed by atoms with E-state index < -0.39 is 5.97 Å². The number of nitrogens with zero attached hydrogens (tertiary/aromatic N) is 4. The number of para-hydroxylation sites is 1. The third kappa shape index (κ3) is 3.76. The summed E-state index contributed by atoms with van der Waals surface area (Å²) in [6, 6.07) is 23.6. The summed E-state index contributed by atoms with van der Waals surface area (Å²) in [4.78, 5) is 30.3. The van der Waals surface area contributed by atoms with Gasteiger partial charge in [0, 0.05) is 15.4 Å². The molecular formula is C24H15BrN4O3. The molecule has 5 aromatic rings. The fourth-order valence-electron chi connectivity index (χ4n) is 3.45. The molecule has 2 heterocycles. The number of carbonyl (C=O) groups excluding carboxylic acids is 1. The van der Waals surface area contributed by atoms with E-state index in [1.807, 2.05) is 48.5 Å². The van der Waals surface area contributed by atoms with Gasteiger partial charge in [-0.1, -0.05) is 63.6 Å². The highest BCUT2D eigenvalue weighted by atomic mass is 79.9. The predicted octanol–water partition coefficient (Wildman–Crippen LogP) is 4.58. The van der Waals surface area contributed by atoms with Gasteiger partial charge < -0.3 is 4.74 Å². The van der Waals surface area contributed by atoms with E-state index in [4.69, 9.17) is 9.72 Å². The number of halogens is 1. The Balaban J connectivity index is 1.51. The van der Waals surface area contributed by atoms with Crippen molar-refractivity contribution >= 4 is 43.7 Å². The molecule has 0 saturated carbocycles. The molecule has 0 fully saturated rings. The standard InChI is InChI=1S/C24H15BrN4O3/c25-16-7-5-6-15(12-16)22-13-19(17-8-1-3-10-20(17)26-22)24(31)32-14-29-23(30)18-9-2-4-11-21(18)27-28-29/h1-13H,14H2. The van der Waals surface area contributed by atoms with Crippen molar-refractivity contribution in [1.82, 2.24) is 20.0 Å². The molecule has 0 N–H and O–H groups in total. The van der Waals surface area contributed by atoms with Crippen LogP contribution >= 0.6 is 15.9 Å². The van der Waals surface area contributed by atoms with Crippen molar-refractivity contribution in [3.63, 3.8) is 0 Å². The smallest absolute Gasteiger partial charge is 0.340 e. The second-order valence-corrected chi connectivity index (χ2v) is 7.97. The SMILES string of the molecule is O=C(OCn1nnc2ccccc2c1=O)c1cc(-c2cccc(Br)c2)nc2ccccc12. The third-order valence-corrected chi connectivity index (χ3v) is 5.50. The first-order chi connectivity index (χ1) is 15.6. The summed E-state index contributed by atoms with van der Waals surface area (Å²) < 4.78 is 7.38. The Labute approximate surface area is 190 Å². The monoisotopic (exact) mass is 486 g/mol. The number of ether oxygens (including phenoxy) is 1. The zero-order valence-corrected chi connectivity index (χ0v) is 18.2. The Morgan fingerprint density at radius 1 is 0.906 bits per heavy atom. The lowest BCUT2D eigenvalue weighted by molar-refractivity contribution is 0.0338. The Bertz CT molecular complexity index is 1550. The molecule has 156 valence electrons. The molecule has 0 aliphatic carbocycles. The molecule has 0 aliphatic rings. The van der Waals surface area contributed by atoms with Gasteiger partial charge in [0.1, 0.15) is 5.52 Å². The molecule has 0 aliphatic heterocycles. The minimum absolute atomic E-state index is 0.349. The van der Waals surface area contributed by atoms with Crippen LogP contribution in [0.5, 0.6) is 0 Å². The van der Waals surface area contributed by atoms with Crippen molar-refractivity contribution in [2.24, 2.45) is 0 Å². The number of aromatic nitrogens is 4. The number of fused-ring (bicyclic) bond motifs is 2. The van der Waals surface area contributed by atoms with Gasteiger partial charge in [-0.3, -0.25) is 4.79 Å². The number of hydrogen-bond donors (Lipinski definition) is 0. The van der Waals surface area contributed by atoms with Crippen LogP contribution in [-0.2, 0) is 11.5 Å². The molecule has 3 aromatic carbocycles. The van der Waals surface area contributed by atoms with Crippen LogP contribution in [0, 0.1) is 0 Å². The average molecular weight is 487 g/mol. The maximum absolute atomic E-state index is 13.0. The Hall–Kier alpha value is -3.91. The highest BCUT2D eigenvalue weighted by Crippen LogP contribution is 2.27. The number of rotatable bonds is 4. The topological polar surface area (TPSA) is 87.0 Å². The van der Waals surface area contributed by atoms with E-state index in [0.717, 1.165) is 14.7 Å². The van der Waals surface area contributed by atoms with Crippen molar-refractivity contribution in [2.45, 2.75) is 6.73 Å². The average Bonchev–Trinajstić information content (AvgIpc) is 2.83. The number of pyridine rings is 1. The van der Waals surface area contributed by atoms with E-state index in [1.165, 1.54) is 0 Å². The second kappa shape index (κ2) is 8.32. The minimum atomic E-state index is -0.582. The minimum Gasteiger partial charge on any atom is -0.439 e. The molecule has 2 aromatic heterocycles. The largest absolute Gasteiger partial charge is 0.439 e.